The summed E-state index contributed by atoms with van der Waals surface area (Å²) in [5.41, 5.74) is 1.35. The number of ether oxygens (including phenoxy) is 1. The van der Waals surface area contributed by atoms with Crippen LogP contribution in [0.3, 0.4) is 0 Å². The Morgan fingerprint density at radius 1 is 1.06 bits per heavy atom. The number of pyridine rings is 1. The normalized spacial score (nSPS) is 15.2. The average Bonchev–Trinajstić information content (AvgIpc) is 2.78. The van der Waals surface area contributed by atoms with Crippen LogP contribution in [0.1, 0.15) is 6.92 Å². The summed E-state index contributed by atoms with van der Waals surface area (Å²) in [5, 5.41) is 2.74. The van der Waals surface area contributed by atoms with Crippen molar-refractivity contribution in [2.24, 2.45) is 0 Å². The Balaban J connectivity index is 1.57. The lowest BCUT2D eigenvalue weighted by molar-refractivity contribution is -0.116. The number of nitrogens with zero attached hydrogens (tertiary/aromatic N) is 3. The number of rotatable bonds is 6. The Labute approximate surface area is 181 Å². The Hall–Kier alpha value is -3.43. The second kappa shape index (κ2) is 8.75. The van der Waals surface area contributed by atoms with Crippen LogP contribution in [-0.4, -0.2) is 43.4 Å². The molecule has 0 bridgehead atoms. The zero-order chi connectivity index (χ0) is 21.8. The van der Waals surface area contributed by atoms with Gasteiger partial charge < -0.3 is 15.0 Å². The number of nitrogens with one attached hydrogen (secondary N) is 1. The van der Waals surface area contributed by atoms with Gasteiger partial charge in [-0.25, -0.2) is 13.4 Å². The van der Waals surface area contributed by atoms with Crippen LogP contribution in [0.25, 0.3) is 0 Å². The molecule has 1 aliphatic rings. The third kappa shape index (κ3) is 4.37. The molecule has 2 heterocycles. The number of hydrogen-bond acceptors (Lipinski definition) is 6. The molecule has 3 aromatic rings. The Kier molecular flexibility index (Phi) is 5.88. The first-order valence-corrected chi connectivity index (χ1v) is 11.2. The number of anilines is 3. The minimum atomic E-state index is -3.88. The number of sulfonamides is 1. The molecule has 1 amide bonds. The van der Waals surface area contributed by atoms with Crippen LogP contribution < -0.4 is 15.0 Å². The van der Waals surface area contributed by atoms with E-state index < -0.39 is 15.9 Å². The molecule has 0 unspecified atom stereocenters. The van der Waals surface area contributed by atoms with E-state index in [1.807, 2.05) is 37.3 Å². The van der Waals surface area contributed by atoms with Crippen molar-refractivity contribution in [2.75, 3.05) is 30.0 Å². The average molecular weight is 439 g/mol. The van der Waals surface area contributed by atoms with Crippen LogP contribution in [0.4, 0.5) is 17.2 Å². The summed E-state index contributed by atoms with van der Waals surface area (Å²) in [6, 6.07) is 19.3. The number of carbonyl (C=O) groups is 1. The first-order valence-electron chi connectivity index (χ1n) is 9.79. The Morgan fingerprint density at radius 2 is 1.81 bits per heavy atom. The minimum absolute atomic E-state index is 0.0208. The van der Waals surface area contributed by atoms with E-state index in [1.165, 1.54) is 6.07 Å². The molecular formula is C22H22N4O4S. The monoisotopic (exact) mass is 438 g/mol. The van der Waals surface area contributed by atoms with Crippen molar-refractivity contribution in [1.29, 1.82) is 0 Å². The highest BCUT2D eigenvalue weighted by atomic mass is 32.2. The quantitative estimate of drug-likeness (QED) is 0.635. The van der Waals surface area contributed by atoms with Crippen molar-refractivity contribution in [3.8, 4) is 5.75 Å². The van der Waals surface area contributed by atoms with Gasteiger partial charge in [0, 0.05) is 17.6 Å². The third-order valence-electron chi connectivity index (χ3n) is 4.76. The van der Waals surface area contributed by atoms with Crippen LogP contribution >= 0.6 is 0 Å². The van der Waals surface area contributed by atoms with Crippen molar-refractivity contribution in [3.63, 3.8) is 0 Å². The molecule has 0 fully saturated rings. The van der Waals surface area contributed by atoms with Crippen molar-refractivity contribution >= 4 is 33.1 Å². The Bertz CT molecular complexity index is 1170. The first-order chi connectivity index (χ1) is 15.0. The van der Waals surface area contributed by atoms with Gasteiger partial charge in [-0.2, -0.15) is 4.31 Å². The van der Waals surface area contributed by atoms with Crippen molar-refractivity contribution < 1.29 is 17.9 Å². The van der Waals surface area contributed by atoms with Gasteiger partial charge in [-0.15, -0.1) is 0 Å². The predicted molar refractivity (Wildman–Crippen MR) is 118 cm³/mol. The van der Waals surface area contributed by atoms with Gasteiger partial charge in [-0.1, -0.05) is 18.2 Å². The lowest BCUT2D eigenvalue weighted by Gasteiger charge is -2.36. The molecule has 8 nitrogen and oxygen atoms in total. The molecule has 1 aromatic heterocycles. The highest BCUT2D eigenvalue weighted by Crippen LogP contribution is 2.35. The van der Waals surface area contributed by atoms with E-state index in [9.17, 15) is 13.2 Å². The summed E-state index contributed by atoms with van der Waals surface area (Å²) >= 11 is 0. The summed E-state index contributed by atoms with van der Waals surface area (Å²) in [7, 11) is -3.88. The molecular weight excluding hydrogens is 416 g/mol. The lowest BCUT2D eigenvalue weighted by Crippen LogP contribution is -2.47. The van der Waals surface area contributed by atoms with Gasteiger partial charge in [0.1, 0.15) is 10.6 Å². The van der Waals surface area contributed by atoms with Crippen molar-refractivity contribution in [1.82, 2.24) is 9.29 Å². The highest BCUT2D eigenvalue weighted by Gasteiger charge is 2.37. The second-order valence-electron chi connectivity index (χ2n) is 6.85. The van der Waals surface area contributed by atoms with Crippen LogP contribution in [0.2, 0.25) is 0 Å². The number of aromatic nitrogens is 1. The second-order valence-corrected chi connectivity index (χ2v) is 8.76. The molecule has 0 spiro atoms. The van der Waals surface area contributed by atoms with E-state index in [0.29, 0.717) is 23.9 Å². The molecule has 0 aliphatic carbocycles. The van der Waals surface area contributed by atoms with Gasteiger partial charge >= 0.3 is 0 Å². The third-order valence-corrected chi connectivity index (χ3v) is 6.56. The maximum Gasteiger partial charge on any atom is 0.248 e. The molecule has 31 heavy (non-hydrogen) atoms. The molecule has 0 radical (unpaired) electrons. The van der Waals surface area contributed by atoms with Gasteiger partial charge in [0.2, 0.25) is 15.9 Å². The first kappa shape index (κ1) is 20.8. The maximum atomic E-state index is 13.1. The lowest BCUT2D eigenvalue weighted by atomic mass is 10.3. The van der Waals surface area contributed by atoms with Crippen LogP contribution in [-0.2, 0) is 14.8 Å². The van der Waals surface area contributed by atoms with E-state index in [0.717, 1.165) is 9.99 Å². The fourth-order valence-electron chi connectivity index (χ4n) is 3.33. The summed E-state index contributed by atoms with van der Waals surface area (Å²) in [6.45, 7) is 2.09. The molecule has 0 saturated carbocycles. The van der Waals surface area contributed by atoms with E-state index in [2.05, 4.69) is 10.3 Å². The zero-order valence-corrected chi connectivity index (χ0v) is 17.7. The van der Waals surface area contributed by atoms with Gasteiger partial charge in [0.05, 0.1) is 19.8 Å². The fourth-order valence-corrected chi connectivity index (χ4v) is 4.81. The summed E-state index contributed by atoms with van der Waals surface area (Å²) in [6.07, 6.45) is 1.55. The number of fused-ring (bicyclic) bond motifs is 1. The van der Waals surface area contributed by atoms with Crippen LogP contribution in [0.15, 0.2) is 77.8 Å². The number of benzene rings is 2. The number of para-hydroxylation sites is 1. The SMILES string of the molecule is CCOc1ccc(NC(=O)CN2CN(c3ccccc3)c3ncccc3S2(=O)=O)cc1. The van der Waals surface area contributed by atoms with Crippen molar-refractivity contribution in [3.05, 3.63) is 72.9 Å². The molecule has 2 aromatic carbocycles. The minimum Gasteiger partial charge on any atom is -0.494 e. The summed E-state index contributed by atoms with van der Waals surface area (Å²) in [5.74, 6) is 0.603. The van der Waals surface area contributed by atoms with Crippen molar-refractivity contribution in [2.45, 2.75) is 11.8 Å². The molecule has 0 saturated heterocycles. The number of carbonyl (C=O) groups excluding carboxylic acids is 1. The highest BCUT2D eigenvalue weighted by molar-refractivity contribution is 7.89. The molecule has 160 valence electrons. The topological polar surface area (TPSA) is 91.8 Å². The molecule has 4 rings (SSSR count). The van der Waals surface area contributed by atoms with Gasteiger partial charge in [0.25, 0.3) is 0 Å². The van der Waals surface area contributed by atoms with Gasteiger partial charge in [-0.3, -0.25) is 4.79 Å². The van der Waals surface area contributed by atoms with E-state index in [4.69, 9.17) is 4.74 Å². The molecule has 0 atom stereocenters. The summed E-state index contributed by atoms with van der Waals surface area (Å²) in [4.78, 5) is 18.8. The predicted octanol–water partition coefficient (Wildman–Crippen LogP) is 3.22. The van der Waals surface area contributed by atoms with Crippen LogP contribution in [0, 0.1) is 0 Å². The van der Waals surface area contributed by atoms with E-state index >= 15 is 0 Å². The largest absolute Gasteiger partial charge is 0.494 e. The smallest absolute Gasteiger partial charge is 0.248 e. The van der Waals surface area contributed by atoms with Crippen LogP contribution in [0.5, 0.6) is 5.75 Å². The molecule has 1 aliphatic heterocycles. The van der Waals surface area contributed by atoms with E-state index in [-0.39, 0.29) is 18.1 Å². The van der Waals surface area contributed by atoms with Gasteiger partial charge in [-0.05, 0) is 55.5 Å². The fraction of sp³-hybridized carbons (Fsp3) is 0.182. The maximum absolute atomic E-state index is 13.1. The standard InChI is InChI=1S/C22H22N4O4S/c1-2-30-19-12-10-17(11-13-19)24-21(27)15-25-16-26(18-7-4-3-5-8-18)22-20(31(25,28)29)9-6-14-23-22/h3-14H,2,15-16H2,1H3,(H,24,27). The number of amides is 1. The summed E-state index contributed by atoms with van der Waals surface area (Å²) < 4.78 is 32.8. The zero-order valence-electron chi connectivity index (χ0n) is 16.9. The number of hydrogen-bond donors (Lipinski definition) is 1. The van der Waals surface area contributed by atoms with E-state index in [1.54, 1.807) is 41.4 Å². The Morgan fingerprint density at radius 3 is 2.52 bits per heavy atom. The molecule has 1 N–H and O–H groups in total. The van der Waals surface area contributed by atoms with Gasteiger partial charge in [0.15, 0.2) is 5.82 Å². The molecule has 9 heteroatoms.